The Hall–Kier alpha value is -1.74. The quantitative estimate of drug-likeness (QED) is 0.647. The molecule has 2 aromatic carbocycles. The highest BCUT2D eigenvalue weighted by molar-refractivity contribution is 7.89. The zero-order valence-corrected chi connectivity index (χ0v) is 20.3. The summed E-state index contributed by atoms with van der Waals surface area (Å²) in [6, 6.07) is 13.9. The Balaban J connectivity index is 1.76. The molecule has 170 valence electrons. The average molecular weight is 465 g/mol. The molecule has 8 heteroatoms. The van der Waals surface area contributed by atoms with Gasteiger partial charge in [-0.25, -0.2) is 16.8 Å². The van der Waals surface area contributed by atoms with Crippen molar-refractivity contribution in [3.63, 3.8) is 0 Å². The van der Waals surface area contributed by atoms with Crippen LogP contribution in [-0.2, 0) is 20.0 Å². The third-order valence-corrected chi connectivity index (χ3v) is 9.61. The summed E-state index contributed by atoms with van der Waals surface area (Å²) in [5.74, 6) is 0.645. The number of rotatable bonds is 6. The molecule has 0 aliphatic carbocycles. The number of sulfonamides is 2. The zero-order valence-electron chi connectivity index (χ0n) is 18.7. The van der Waals surface area contributed by atoms with Crippen molar-refractivity contribution in [1.29, 1.82) is 0 Å². The lowest BCUT2D eigenvalue weighted by Gasteiger charge is -2.22. The summed E-state index contributed by atoms with van der Waals surface area (Å²) < 4.78 is 55.2. The fourth-order valence-electron chi connectivity index (χ4n) is 3.70. The highest BCUT2D eigenvalue weighted by Crippen LogP contribution is 2.24. The molecule has 1 fully saturated rings. The Morgan fingerprint density at radius 3 is 1.19 bits per heavy atom. The summed E-state index contributed by atoms with van der Waals surface area (Å²) >= 11 is 0. The van der Waals surface area contributed by atoms with Crippen LogP contribution < -0.4 is 0 Å². The lowest BCUT2D eigenvalue weighted by Crippen LogP contribution is -2.37. The van der Waals surface area contributed by atoms with E-state index < -0.39 is 20.0 Å². The van der Waals surface area contributed by atoms with E-state index in [0.717, 1.165) is 11.1 Å². The van der Waals surface area contributed by atoms with Crippen LogP contribution in [-0.4, -0.2) is 51.6 Å². The third-order valence-electron chi connectivity index (χ3n) is 5.78. The van der Waals surface area contributed by atoms with Crippen molar-refractivity contribution in [2.75, 3.05) is 26.2 Å². The maximum absolute atomic E-state index is 13.1. The van der Waals surface area contributed by atoms with Crippen LogP contribution >= 0.6 is 0 Å². The summed E-state index contributed by atoms with van der Waals surface area (Å²) in [6.45, 7) is 9.11. The molecule has 0 spiro atoms. The van der Waals surface area contributed by atoms with Crippen molar-refractivity contribution in [3.8, 4) is 0 Å². The minimum atomic E-state index is -3.66. The SMILES string of the molecule is CC(C)c1ccc(S(=O)(=O)N2CCCN(S(=O)(=O)c3ccc(C(C)C)cc3)CC2)cc1. The lowest BCUT2D eigenvalue weighted by atomic mass is 10.0. The van der Waals surface area contributed by atoms with Gasteiger partial charge in [-0.2, -0.15) is 8.61 Å². The van der Waals surface area contributed by atoms with Crippen LogP contribution in [0.25, 0.3) is 0 Å². The van der Waals surface area contributed by atoms with Gasteiger partial charge in [-0.3, -0.25) is 0 Å². The van der Waals surface area contributed by atoms with E-state index >= 15 is 0 Å². The minimum absolute atomic E-state index is 0.136. The van der Waals surface area contributed by atoms with Gasteiger partial charge in [-0.05, 0) is 53.6 Å². The third kappa shape index (κ3) is 5.19. The maximum atomic E-state index is 13.1. The maximum Gasteiger partial charge on any atom is 0.243 e. The molecule has 0 radical (unpaired) electrons. The first-order chi connectivity index (χ1) is 14.5. The summed E-state index contributed by atoms with van der Waals surface area (Å²) in [5.41, 5.74) is 2.16. The Bertz CT molecular complexity index is 1000. The van der Waals surface area contributed by atoms with Crippen LogP contribution in [0.3, 0.4) is 0 Å². The van der Waals surface area contributed by atoms with E-state index in [1.165, 1.54) is 8.61 Å². The molecule has 0 N–H and O–H groups in total. The van der Waals surface area contributed by atoms with Crippen LogP contribution in [0.5, 0.6) is 0 Å². The van der Waals surface area contributed by atoms with E-state index in [1.807, 2.05) is 24.3 Å². The van der Waals surface area contributed by atoms with Gasteiger partial charge in [0.2, 0.25) is 20.0 Å². The average Bonchev–Trinajstić information content (AvgIpc) is 3.01. The van der Waals surface area contributed by atoms with Gasteiger partial charge in [-0.15, -0.1) is 0 Å². The van der Waals surface area contributed by atoms with Gasteiger partial charge in [-0.1, -0.05) is 52.0 Å². The van der Waals surface area contributed by atoms with Crippen LogP contribution in [0.2, 0.25) is 0 Å². The van der Waals surface area contributed by atoms with E-state index in [-0.39, 0.29) is 22.9 Å². The topological polar surface area (TPSA) is 74.8 Å². The Morgan fingerprint density at radius 1 is 0.581 bits per heavy atom. The van der Waals surface area contributed by atoms with Crippen molar-refractivity contribution < 1.29 is 16.8 Å². The van der Waals surface area contributed by atoms with E-state index in [9.17, 15) is 16.8 Å². The second kappa shape index (κ2) is 9.40. The molecule has 2 aromatic rings. The Kier molecular flexibility index (Phi) is 7.25. The molecule has 3 rings (SSSR count). The highest BCUT2D eigenvalue weighted by atomic mass is 32.2. The van der Waals surface area contributed by atoms with Gasteiger partial charge in [0.05, 0.1) is 9.79 Å². The fraction of sp³-hybridized carbons (Fsp3) is 0.478. The van der Waals surface area contributed by atoms with E-state index in [0.29, 0.717) is 31.3 Å². The Morgan fingerprint density at radius 2 is 0.903 bits per heavy atom. The first kappa shape index (κ1) is 23.9. The van der Waals surface area contributed by atoms with Gasteiger partial charge in [0.25, 0.3) is 0 Å². The van der Waals surface area contributed by atoms with Crippen molar-refractivity contribution in [3.05, 3.63) is 59.7 Å². The smallest absolute Gasteiger partial charge is 0.207 e. The van der Waals surface area contributed by atoms with E-state index in [4.69, 9.17) is 0 Å². The standard InChI is InChI=1S/C23H32N2O4S2/c1-18(2)20-6-10-22(11-7-20)30(26,27)24-14-5-15-25(17-16-24)31(28,29)23-12-8-21(9-13-23)19(3)4/h6-13,18-19H,5,14-17H2,1-4H3. The number of hydrogen-bond acceptors (Lipinski definition) is 4. The first-order valence-corrected chi connectivity index (χ1v) is 13.6. The van der Waals surface area contributed by atoms with Crippen molar-refractivity contribution in [2.24, 2.45) is 0 Å². The highest BCUT2D eigenvalue weighted by Gasteiger charge is 2.31. The van der Waals surface area contributed by atoms with Gasteiger partial charge in [0, 0.05) is 26.2 Å². The molecule has 0 unspecified atom stereocenters. The predicted octanol–water partition coefficient (Wildman–Crippen LogP) is 4.02. The van der Waals surface area contributed by atoms with Crippen molar-refractivity contribution >= 4 is 20.0 Å². The summed E-state index contributed by atoms with van der Waals surface area (Å²) in [5, 5.41) is 0. The van der Waals surface area contributed by atoms with Crippen molar-refractivity contribution in [2.45, 2.75) is 55.7 Å². The van der Waals surface area contributed by atoms with Crippen molar-refractivity contribution in [1.82, 2.24) is 8.61 Å². The molecule has 0 aromatic heterocycles. The van der Waals surface area contributed by atoms with E-state index in [2.05, 4.69) is 27.7 Å². The largest absolute Gasteiger partial charge is 0.243 e. The normalized spacial score (nSPS) is 17.2. The summed E-state index contributed by atoms with van der Waals surface area (Å²) in [6.07, 6.45) is 0.451. The summed E-state index contributed by atoms with van der Waals surface area (Å²) in [7, 11) is -7.33. The molecule has 1 saturated heterocycles. The molecule has 31 heavy (non-hydrogen) atoms. The molecule has 6 nitrogen and oxygen atoms in total. The van der Waals surface area contributed by atoms with Gasteiger partial charge < -0.3 is 0 Å². The molecule has 0 amide bonds. The molecular formula is C23H32N2O4S2. The molecule has 1 aliphatic heterocycles. The second-order valence-electron chi connectivity index (χ2n) is 8.61. The molecule has 1 aliphatic rings. The van der Waals surface area contributed by atoms with E-state index in [1.54, 1.807) is 24.3 Å². The number of benzene rings is 2. The van der Waals surface area contributed by atoms with Gasteiger partial charge >= 0.3 is 0 Å². The van der Waals surface area contributed by atoms with Crippen LogP contribution in [0, 0.1) is 0 Å². The van der Waals surface area contributed by atoms with Crippen LogP contribution in [0.15, 0.2) is 58.3 Å². The zero-order chi connectivity index (χ0) is 22.8. The minimum Gasteiger partial charge on any atom is -0.207 e. The number of hydrogen-bond donors (Lipinski definition) is 0. The lowest BCUT2D eigenvalue weighted by molar-refractivity contribution is 0.404. The monoisotopic (exact) mass is 464 g/mol. The molecule has 0 atom stereocenters. The predicted molar refractivity (Wildman–Crippen MR) is 123 cm³/mol. The summed E-state index contributed by atoms with van der Waals surface area (Å²) in [4.78, 5) is 0.495. The molecule has 0 saturated carbocycles. The molecular weight excluding hydrogens is 432 g/mol. The van der Waals surface area contributed by atoms with Gasteiger partial charge in [0.15, 0.2) is 0 Å². The van der Waals surface area contributed by atoms with Crippen LogP contribution in [0.1, 0.15) is 57.1 Å². The molecule has 0 bridgehead atoms. The number of nitrogens with zero attached hydrogens (tertiary/aromatic N) is 2. The van der Waals surface area contributed by atoms with Gasteiger partial charge in [0.1, 0.15) is 0 Å². The van der Waals surface area contributed by atoms with Crippen LogP contribution in [0.4, 0.5) is 0 Å². The fourth-order valence-corrected chi connectivity index (χ4v) is 6.64. The molecule has 1 heterocycles. The Labute approximate surface area is 187 Å². The second-order valence-corrected chi connectivity index (χ2v) is 12.5. The first-order valence-electron chi connectivity index (χ1n) is 10.7.